The van der Waals surface area contributed by atoms with E-state index in [2.05, 4.69) is 107 Å². The Balaban J connectivity index is 1.36. The lowest BCUT2D eigenvalue weighted by Crippen LogP contribution is -2.90. The van der Waals surface area contributed by atoms with Gasteiger partial charge in [-0.15, -0.1) is 0 Å². The van der Waals surface area contributed by atoms with E-state index in [4.69, 9.17) is 9.98 Å². The number of para-hydroxylation sites is 1. The van der Waals surface area contributed by atoms with E-state index in [1.54, 1.807) is 0 Å². The molecule has 5 nitrogen and oxygen atoms in total. The van der Waals surface area contributed by atoms with Gasteiger partial charge in [0.2, 0.25) is 12.0 Å². The van der Waals surface area contributed by atoms with Crippen molar-refractivity contribution in [1.29, 1.82) is 5.26 Å². The number of quaternary nitrogens is 1. The first kappa shape index (κ1) is 23.1. The van der Waals surface area contributed by atoms with Gasteiger partial charge in [0.05, 0.1) is 28.2 Å². The number of aliphatic imine (C=N–C) groups is 2. The number of aromatic nitrogens is 1. The lowest BCUT2D eigenvalue weighted by molar-refractivity contribution is -0.586. The molecule has 1 atom stereocenters. The number of amidine groups is 2. The molecule has 39 heavy (non-hydrogen) atoms. The molecule has 5 heteroatoms. The number of nitriles is 1. The van der Waals surface area contributed by atoms with Crippen molar-refractivity contribution in [2.45, 2.75) is 19.0 Å². The number of nitrogens with two attached hydrogens (primary N) is 1. The lowest BCUT2D eigenvalue weighted by Gasteiger charge is -2.22. The quantitative estimate of drug-likeness (QED) is 0.304. The van der Waals surface area contributed by atoms with E-state index >= 15 is 0 Å². The molecule has 0 amide bonds. The monoisotopic (exact) mass is 504 g/mol. The second kappa shape index (κ2) is 9.68. The van der Waals surface area contributed by atoms with Crippen molar-refractivity contribution >= 4 is 39.2 Å². The highest BCUT2D eigenvalue weighted by Gasteiger charge is 2.27. The van der Waals surface area contributed by atoms with Gasteiger partial charge in [0.15, 0.2) is 5.84 Å². The predicted octanol–water partition coefficient (Wildman–Crippen LogP) is 6.35. The maximum Gasteiger partial charge on any atom is 0.235 e. The normalized spacial score (nSPS) is 17.3. The molecule has 0 spiro atoms. The van der Waals surface area contributed by atoms with Gasteiger partial charge in [0, 0.05) is 22.0 Å². The predicted molar refractivity (Wildman–Crippen MR) is 157 cm³/mol. The Morgan fingerprint density at radius 3 is 2.38 bits per heavy atom. The van der Waals surface area contributed by atoms with Crippen LogP contribution in [-0.4, -0.2) is 16.2 Å². The maximum absolute atomic E-state index is 9.51. The highest BCUT2D eigenvalue weighted by molar-refractivity contribution is 6.13. The van der Waals surface area contributed by atoms with Crippen molar-refractivity contribution in [3.8, 4) is 6.07 Å². The molecule has 1 aromatic heterocycles. The minimum absolute atomic E-state index is 0.0956. The summed E-state index contributed by atoms with van der Waals surface area (Å²) in [6.07, 6.45) is 6.22. The van der Waals surface area contributed by atoms with Crippen LogP contribution in [0.15, 0.2) is 131 Å². The van der Waals surface area contributed by atoms with E-state index < -0.39 is 0 Å². The Morgan fingerprint density at radius 1 is 0.821 bits per heavy atom. The smallest absolute Gasteiger partial charge is 0.235 e. The molecule has 1 aliphatic heterocycles. The zero-order chi connectivity index (χ0) is 26.2. The second-order valence-electron chi connectivity index (χ2n) is 9.87. The van der Waals surface area contributed by atoms with Crippen molar-refractivity contribution in [3.63, 3.8) is 0 Å². The molecule has 186 valence electrons. The molecule has 0 saturated heterocycles. The molecule has 0 radical (unpaired) electrons. The van der Waals surface area contributed by atoms with Crippen molar-refractivity contribution in [3.05, 3.63) is 138 Å². The van der Waals surface area contributed by atoms with Gasteiger partial charge in [-0.1, -0.05) is 72.8 Å². The first-order chi connectivity index (χ1) is 19.3. The molecule has 2 N–H and O–H groups in total. The molecule has 2 heterocycles. The molecule has 4 aromatic carbocycles. The molecular weight excluding hydrogens is 478 g/mol. The van der Waals surface area contributed by atoms with E-state index in [9.17, 15) is 5.26 Å². The van der Waals surface area contributed by atoms with Crippen LogP contribution >= 0.6 is 0 Å². The minimum atomic E-state index is -0.0956. The highest BCUT2D eigenvalue weighted by Crippen LogP contribution is 2.35. The van der Waals surface area contributed by atoms with Crippen LogP contribution in [0.2, 0.25) is 0 Å². The summed E-state index contributed by atoms with van der Waals surface area (Å²) >= 11 is 0. The van der Waals surface area contributed by atoms with Gasteiger partial charge < -0.3 is 4.57 Å². The van der Waals surface area contributed by atoms with Crippen LogP contribution in [0.25, 0.3) is 27.5 Å². The molecule has 0 saturated carbocycles. The molecule has 0 bridgehead atoms. The Labute approximate surface area is 226 Å². The molecule has 1 unspecified atom stereocenters. The van der Waals surface area contributed by atoms with Gasteiger partial charge in [0.25, 0.3) is 0 Å². The molecule has 0 fully saturated rings. The molecule has 1 aliphatic carbocycles. The molecule has 2 aliphatic rings. The van der Waals surface area contributed by atoms with Crippen LogP contribution in [0, 0.1) is 11.3 Å². The standard InChI is InChI=1S/C34H25N5/c35-22-23-18-19-31-29(20-23)28-16-7-8-17-30(28)39(31)27-15-9-14-26(21-27)34-37-32(24-10-3-1-4-11-24)36-33(38-34)25-12-5-2-6-13-25/h1-8,10-13,15-21,32H,9,14H2,(H,36,37,38)/p+1. The average Bonchev–Trinajstić information content (AvgIpc) is 3.35. The third kappa shape index (κ3) is 4.17. The molecule has 5 aromatic rings. The Hall–Kier alpha value is -5.05. The van der Waals surface area contributed by atoms with Crippen LogP contribution in [0.3, 0.4) is 0 Å². The Kier molecular flexibility index (Phi) is 5.73. The number of nitrogens with zero attached hydrogens (tertiary/aromatic N) is 4. The fraction of sp³-hybridized carbons (Fsp3) is 0.0882. The Morgan fingerprint density at radius 2 is 1.56 bits per heavy atom. The van der Waals surface area contributed by atoms with E-state index in [1.807, 2.05) is 24.3 Å². The summed E-state index contributed by atoms with van der Waals surface area (Å²) in [5.41, 5.74) is 7.37. The van der Waals surface area contributed by atoms with Gasteiger partial charge in [-0.05, 0) is 60.9 Å². The van der Waals surface area contributed by atoms with Gasteiger partial charge in [-0.2, -0.15) is 10.3 Å². The van der Waals surface area contributed by atoms with Crippen LogP contribution in [0.4, 0.5) is 0 Å². The number of allylic oxidation sites excluding steroid dienone is 3. The Bertz CT molecular complexity index is 1880. The van der Waals surface area contributed by atoms with Crippen LogP contribution in [0.1, 0.15) is 35.7 Å². The topological polar surface area (TPSA) is 70.0 Å². The van der Waals surface area contributed by atoms with E-state index in [1.165, 1.54) is 0 Å². The SMILES string of the molecule is N#Cc1ccc2c(c1)c1ccccc1n2C1=CCCC(C2=NC(c3ccccc3)[NH2+]C(c3ccccc3)=N2)=C1. The number of fused-ring (bicyclic) bond motifs is 3. The second-order valence-corrected chi connectivity index (χ2v) is 9.87. The first-order valence-electron chi connectivity index (χ1n) is 13.2. The highest BCUT2D eigenvalue weighted by atomic mass is 15.2. The summed E-state index contributed by atoms with van der Waals surface area (Å²) in [6.45, 7) is 0. The van der Waals surface area contributed by atoms with Gasteiger partial charge in [0.1, 0.15) is 0 Å². The van der Waals surface area contributed by atoms with Crippen molar-refractivity contribution in [2.75, 3.05) is 0 Å². The third-order valence-corrected chi connectivity index (χ3v) is 7.45. The maximum atomic E-state index is 9.51. The van der Waals surface area contributed by atoms with Crippen molar-refractivity contribution in [2.24, 2.45) is 9.98 Å². The summed E-state index contributed by atoms with van der Waals surface area (Å²) in [6, 6.07) is 37.4. The van der Waals surface area contributed by atoms with Gasteiger partial charge in [-0.25, -0.2) is 4.99 Å². The first-order valence-corrected chi connectivity index (χ1v) is 13.2. The number of rotatable bonds is 4. The fourth-order valence-corrected chi connectivity index (χ4v) is 5.58. The van der Waals surface area contributed by atoms with Crippen LogP contribution in [0.5, 0.6) is 0 Å². The van der Waals surface area contributed by atoms with Gasteiger partial charge >= 0.3 is 0 Å². The fourth-order valence-electron chi connectivity index (χ4n) is 5.58. The zero-order valence-electron chi connectivity index (χ0n) is 21.3. The molecular formula is C34H26N5+. The van der Waals surface area contributed by atoms with E-state index in [0.29, 0.717) is 5.56 Å². The van der Waals surface area contributed by atoms with Crippen LogP contribution < -0.4 is 5.32 Å². The largest absolute Gasteiger partial charge is 0.310 e. The average molecular weight is 505 g/mol. The zero-order valence-corrected chi connectivity index (χ0v) is 21.3. The summed E-state index contributed by atoms with van der Waals surface area (Å²) < 4.78 is 2.30. The summed E-state index contributed by atoms with van der Waals surface area (Å²) in [5, 5.41) is 13.9. The van der Waals surface area contributed by atoms with E-state index in [0.717, 1.165) is 68.7 Å². The van der Waals surface area contributed by atoms with Gasteiger partial charge in [-0.3, -0.25) is 5.32 Å². The number of hydrogen-bond acceptors (Lipinski definition) is 3. The lowest BCUT2D eigenvalue weighted by atomic mass is 10.0. The number of hydrogen-bond donors (Lipinski definition) is 1. The summed E-state index contributed by atoms with van der Waals surface area (Å²) in [4.78, 5) is 10.2. The number of benzene rings is 4. The third-order valence-electron chi connectivity index (χ3n) is 7.45. The van der Waals surface area contributed by atoms with Crippen molar-refractivity contribution in [1.82, 2.24) is 4.57 Å². The van der Waals surface area contributed by atoms with E-state index in [-0.39, 0.29) is 6.17 Å². The van der Waals surface area contributed by atoms with Crippen LogP contribution in [-0.2, 0) is 0 Å². The summed E-state index contributed by atoms with van der Waals surface area (Å²) in [5.74, 6) is 1.75. The summed E-state index contributed by atoms with van der Waals surface area (Å²) in [7, 11) is 0. The minimum Gasteiger partial charge on any atom is -0.310 e. The van der Waals surface area contributed by atoms with Crippen molar-refractivity contribution < 1.29 is 5.32 Å². The molecule has 7 rings (SSSR count).